The monoisotopic (exact) mass is 200 g/mol. The normalized spacial score (nSPS) is 20.4. The zero-order chi connectivity index (χ0) is 10.4. The van der Waals surface area contributed by atoms with Gasteiger partial charge in [0.2, 0.25) is 0 Å². The number of hydrogen-bond donors (Lipinski definition) is 0. The zero-order valence-electron chi connectivity index (χ0n) is 9.17. The smallest absolute Gasteiger partial charge is 0.332 e. The molecule has 0 saturated heterocycles. The van der Waals surface area contributed by atoms with E-state index in [1.165, 1.54) is 26.4 Å². The van der Waals surface area contributed by atoms with Crippen molar-refractivity contribution in [3.05, 3.63) is 0 Å². The van der Waals surface area contributed by atoms with Crippen LogP contribution < -0.4 is 0 Å². The van der Waals surface area contributed by atoms with Gasteiger partial charge in [0.05, 0.1) is 0 Å². The fourth-order valence-corrected chi connectivity index (χ4v) is 2.11. The van der Waals surface area contributed by atoms with E-state index in [4.69, 9.17) is 9.47 Å². The molecule has 1 saturated carbocycles. The van der Waals surface area contributed by atoms with Crippen molar-refractivity contribution in [2.45, 2.75) is 51.0 Å². The molecule has 0 bridgehead atoms. The van der Waals surface area contributed by atoms with Gasteiger partial charge in [-0.15, -0.1) is 0 Å². The summed E-state index contributed by atoms with van der Waals surface area (Å²) >= 11 is 0. The summed E-state index contributed by atoms with van der Waals surface area (Å²) < 4.78 is 10.3. The molecule has 1 aliphatic carbocycles. The van der Waals surface area contributed by atoms with E-state index in [1.807, 2.05) is 0 Å². The number of carbonyl (C=O) groups excluding carboxylic acids is 1. The number of carbonyl (C=O) groups is 1. The molecule has 3 heteroatoms. The standard InChI is InChI=1S/C11H20O3/c1-3-11(7-5-4-6-8-11)14-10(12)9-13-2/h3-9H2,1-2H3. The minimum atomic E-state index is -0.226. The van der Waals surface area contributed by atoms with Gasteiger partial charge in [-0.05, 0) is 32.1 Å². The summed E-state index contributed by atoms with van der Waals surface area (Å²) in [6.07, 6.45) is 6.56. The quantitative estimate of drug-likeness (QED) is 0.653. The number of rotatable bonds is 4. The first-order valence-corrected chi connectivity index (χ1v) is 5.43. The molecule has 14 heavy (non-hydrogen) atoms. The molecular formula is C11H20O3. The van der Waals surface area contributed by atoms with Crippen molar-refractivity contribution < 1.29 is 14.3 Å². The van der Waals surface area contributed by atoms with Crippen molar-refractivity contribution >= 4 is 5.97 Å². The lowest BCUT2D eigenvalue weighted by Crippen LogP contribution is -2.37. The number of methoxy groups -OCH3 is 1. The summed E-state index contributed by atoms with van der Waals surface area (Å²) in [5.41, 5.74) is -0.187. The van der Waals surface area contributed by atoms with E-state index >= 15 is 0 Å². The SMILES string of the molecule is CCC1(OC(=O)COC)CCCCC1. The lowest BCUT2D eigenvalue weighted by atomic mass is 9.83. The second-order valence-corrected chi connectivity index (χ2v) is 4.00. The maximum atomic E-state index is 11.3. The van der Waals surface area contributed by atoms with Gasteiger partial charge in [0.25, 0.3) is 0 Å². The topological polar surface area (TPSA) is 35.5 Å². The minimum absolute atomic E-state index is 0.0712. The van der Waals surface area contributed by atoms with Crippen molar-refractivity contribution in [3.63, 3.8) is 0 Å². The molecule has 0 amide bonds. The van der Waals surface area contributed by atoms with E-state index in [2.05, 4.69) is 6.92 Å². The first-order chi connectivity index (χ1) is 6.72. The van der Waals surface area contributed by atoms with Gasteiger partial charge in [-0.2, -0.15) is 0 Å². The molecular weight excluding hydrogens is 180 g/mol. The highest BCUT2D eigenvalue weighted by Crippen LogP contribution is 2.34. The Morgan fingerprint density at radius 3 is 2.43 bits per heavy atom. The Balaban J connectivity index is 2.47. The Kier molecular flexibility index (Phi) is 4.39. The lowest BCUT2D eigenvalue weighted by molar-refractivity contribution is -0.168. The van der Waals surface area contributed by atoms with Gasteiger partial charge in [-0.25, -0.2) is 4.79 Å². The molecule has 1 aliphatic rings. The molecule has 3 nitrogen and oxygen atoms in total. The molecule has 0 heterocycles. The van der Waals surface area contributed by atoms with Crippen LogP contribution in [0.15, 0.2) is 0 Å². The second-order valence-electron chi connectivity index (χ2n) is 4.00. The summed E-state index contributed by atoms with van der Waals surface area (Å²) in [5, 5.41) is 0. The van der Waals surface area contributed by atoms with Crippen molar-refractivity contribution in [1.29, 1.82) is 0 Å². The highest BCUT2D eigenvalue weighted by molar-refractivity contribution is 5.71. The maximum Gasteiger partial charge on any atom is 0.332 e. The summed E-state index contributed by atoms with van der Waals surface area (Å²) in [6, 6.07) is 0. The molecule has 0 aromatic heterocycles. The van der Waals surface area contributed by atoms with Gasteiger partial charge < -0.3 is 9.47 Å². The summed E-state index contributed by atoms with van der Waals surface area (Å²) in [7, 11) is 1.51. The van der Waals surface area contributed by atoms with Crippen LogP contribution in [0.1, 0.15) is 45.4 Å². The van der Waals surface area contributed by atoms with Crippen LogP contribution in [0.2, 0.25) is 0 Å². The summed E-state index contributed by atoms with van der Waals surface area (Å²) in [5.74, 6) is -0.226. The van der Waals surface area contributed by atoms with Crippen molar-refractivity contribution in [3.8, 4) is 0 Å². The van der Waals surface area contributed by atoms with Gasteiger partial charge >= 0.3 is 5.97 Å². The van der Waals surface area contributed by atoms with Crippen molar-refractivity contribution in [2.75, 3.05) is 13.7 Å². The fraction of sp³-hybridized carbons (Fsp3) is 0.909. The van der Waals surface area contributed by atoms with Gasteiger partial charge in [-0.3, -0.25) is 0 Å². The van der Waals surface area contributed by atoms with E-state index in [0.29, 0.717) is 0 Å². The molecule has 1 fully saturated rings. The number of hydrogen-bond acceptors (Lipinski definition) is 3. The molecule has 0 spiro atoms. The average Bonchev–Trinajstić information content (AvgIpc) is 2.19. The lowest BCUT2D eigenvalue weighted by Gasteiger charge is -2.35. The van der Waals surface area contributed by atoms with Crippen LogP contribution in [-0.4, -0.2) is 25.3 Å². The second kappa shape index (κ2) is 5.35. The van der Waals surface area contributed by atoms with E-state index in [1.54, 1.807) is 0 Å². The number of esters is 1. The maximum absolute atomic E-state index is 11.3. The highest BCUT2D eigenvalue weighted by Gasteiger charge is 2.33. The van der Waals surface area contributed by atoms with Crippen LogP contribution >= 0.6 is 0 Å². The predicted octanol–water partition coefficient (Wildman–Crippen LogP) is 2.29. The molecule has 82 valence electrons. The van der Waals surface area contributed by atoms with E-state index < -0.39 is 0 Å². The minimum Gasteiger partial charge on any atom is -0.457 e. The van der Waals surface area contributed by atoms with Gasteiger partial charge in [0.15, 0.2) is 0 Å². The van der Waals surface area contributed by atoms with E-state index in [9.17, 15) is 4.79 Å². The molecule has 0 radical (unpaired) electrons. The molecule has 0 aromatic carbocycles. The first kappa shape index (κ1) is 11.5. The molecule has 0 N–H and O–H groups in total. The molecule has 0 aromatic rings. The first-order valence-electron chi connectivity index (χ1n) is 5.43. The Hall–Kier alpha value is -0.570. The highest BCUT2D eigenvalue weighted by atomic mass is 16.6. The Labute approximate surface area is 85.8 Å². The third-order valence-corrected chi connectivity index (χ3v) is 3.00. The Bertz CT molecular complexity index is 183. The fourth-order valence-electron chi connectivity index (χ4n) is 2.11. The van der Waals surface area contributed by atoms with Gasteiger partial charge in [0, 0.05) is 7.11 Å². The summed E-state index contributed by atoms with van der Waals surface area (Å²) in [4.78, 5) is 11.3. The largest absolute Gasteiger partial charge is 0.457 e. The molecule has 0 aliphatic heterocycles. The van der Waals surface area contributed by atoms with Crippen LogP contribution in [0.4, 0.5) is 0 Å². The molecule has 0 unspecified atom stereocenters. The van der Waals surface area contributed by atoms with Crippen LogP contribution in [0, 0.1) is 0 Å². The zero-order valence-corrected chi connectivity index (χ0v) is 9.17. The van der Waals surface area contributed by atoms with Crippen LogP contribution in [0.25, 0.3) is 0 Å². The van der Waals surface area contributed by atoms with Crippen molar-refractivity contribution in [1.82, 2.24) is 0 Å². The third kappa shape index (κ3) is 2.98. The van der Waals surface area contributed by atoms with Crippen molar-refractivity contribution in [2.24, 2.45) is 0 Å². The molecule has 0 atom stereocenters. The van der Waals surface area contributed by atoms with Crippen LogP contribution in [0.5, 0.6) is 0 Å². The van der Waals surface area contributed by atoms with Gasteiger partial charge in [-0.1, -0.05) is 13.3 Å². The number of ether oxygens (including phenoxy) is 2. The third-order valence-electron chi connectivity index (χ3n) is 3.00. The van der Waals surface area contributed by atoms with Gasteiger partial charge in [0.1, 0.15) is 12.2 Å². The van der Waals surface area contributed by atoms with E-state index in [0.717, 1.165) is 19.3 Å². The summed E-state index contributed by atoms with van der Waals surface area (Å²) in [6.45, 7) is 2.16. The molecule has 1 rings (SSSR count). The Morgan fingerprint density at radius 1 is 1.29 bits per heavy atom. The van der Waals surface area contributed by atoms with Crippen LogP contribution in [-0.2, 0) is 14.3 Å². The predicted molar refractivity (Wildman–Crippen MR) is 54.1 cm³/mol. The van der Waals surface area contributed by atoms with E-state index in [-0.39, 0.29) is 18.2 Å². The van der Waals surface area contributed by atoms with Crippen LogP contribution in [0.3, 0.4) is 0 Å². The average molecular weight is 200 g/mol. The Morgan fingerprint density at radius 2 is 1.93 bits per heavy atom.